The summed E-state index contributed by atoms with van der Waals surface area (Å²) in [5.41, 5.74) is 3.82. The van der Waals surface area contributed by atoms with Gasteiger partial charge in [0.2, 0.25) is 0 Å². The fourth-order valence-electron chi connectivity index (χ4n) is 4.09. The number of carbonyl (C=O) groups is 1. The van der Waals surface area contributed by atoms with E-state index in [9.17, 15) is 9.18 Å². The average Bonchev–Trinajstić information content (AvgIpc) is 3.46. The first-order valence-corrected chi connectivity index (χ1v) is 9.74. The number of benzene rings is 2. The Hall–Kier alpha value is -2.96. The minimum Gasteiger partial charge on any atom is -0.365 e. The van der Waals surface area contributed by atoms with Gasteiger partial charge >= 0.3 is 0 Å². The normalized spacial score (nSPS) is 20.3. The van der Waals surface area contributed by atoms with E-state index in [0.717, 1.165) is 24.1 Å². The lowest BCUT2D eigenvalue weighted by molar-refractivity contribution is -0.113. The fraction of sp³-hybridized carbons (Fsp3) is 0.182. The van der Waals surface area contributed by atoms with Crippen LogP contribution in [0.1, 0.15) is 18.5 Å². The molecule has 2 aromatic carbocycles. The maximum atomic E-state index is 14.1. The molecule has 0 spiro atoms. The number of rotatable bonds is 4. The van der Waals surface area contributed by atoms with Gasteiger partial charge in [-0.05, 0) is 37.1 Å². The molecule has 0 radical (unpaired) electrons. The lowest BCUT2D eigenvalue weighted by atomic mass is 9.89. The van der Waals surface area contributed by atoms with E-state index in [2.05, 4.69) is 15.5 Å². The molecule has 2 aliphatic rings. The van der Waals surface area contributed by atoms with E-state index in [4.69, 9.17) is 16.3 Å². The smallest absolute Gasteiger partial charge is 0.254 e. The van der Waals surface area contributed by atoms with Gasteiger partial charge in [0.1, 0.15) is 5.82 Å². The molecule has 1 amide bonds. The number of halogens is 2. The van der Waals surface area contributed by atoms with E-state index >= 15 is 0 Å². The zero-order valence-corrected chi connectivity index (χ0v) is 16.0. The summed E-state index contributed by atoms with van der Waals surface area (Å²) < 4.78 is 20.0. The molecule has 146 valence electrons. The molecule has 0 aliphatic carbocycles. The van der Waals surface area contributed by atoms with Gasteiger partial charge in [-0.1, -0.05) is 35.9 Å². The second-order valence-corrected chi connectivity index (χ2v) is 7.52. The van der Waals surface area contributed by atoms with Crippen LogP contribution < -0.4 is 5.32 Å². The van der Waals surface area contributed by atoms with Crippen molar-refractivity contribution in [2.24, 2.45) is 0 Å². The van der Waals surface area contributed by atoms with Crippen LogP contribution in [0, 0.1) is 5.82 Å². The van der Waals surface area contributed by atoms with Crippen LogP contribution in [-0.2, 0) is 9.53 Å². The number of aromatic nitrogens is 2. The number of hydrogen-bond donors (Lipinski definition) is 2. The maximum Gasteiger partial charge on any atom is 0.254 e. The van der Waals surface area contributed by atoms with E-state index in [1.807, 2.05) is 6.07 Å². The van der Waals surface area contributed by atoms with Gasteiger partial charge in [0.25, 0.3) is 5.91 Å². The number of nitrogens with one attached hydrogen (secondary N) is 2. The Labute approximate surface area is 171 Å². The average molecular weight is 410 g/mol. The third kappa shape index (κ3) is 3.14. The molecule has 2 N–H and O–H groups in total. The standard InChI is InChI=1S/C22H17ClFN3O2/c23-15-11-12(5-6-13(15)14-3-1-2-4-16(14)24)26-22(28)21-19-8-7-18(29-19)20(21)17-9-10-25-27-17/h1-6,9-11,18-19H,7-8H2,(H,25,27)(H,26,28)/t18-,19?/m0/s1. The molecule has 2 aliphatic heterocycles. The van der Waals surface area contributed by atoms with Gasteiger partial charge in [-0.3, -0.25) is 9.89 Å². The third-order valence-corrected chi connectivity index (χ3v) is 5.69. The molecular formula is C22H17ClFN3O2. The van der Waals surface area contributed by atoms with Gasteiger partial charge in [-0.25, -0.2) is 4.39 Å². The molecule has 1 saturated heterocycles. The van der Waals surface area contributed by atoms with Gasteiger partial charge in [-0.2, -0.15) is 5.10 Å². The Morgan fingerprint density at radius 2 is 1.97 bits per heavy atom. The number of fused-ring (bicyclic) bond motifs is 2. The molecular weight excluding hydrogens is 393 g/mol. The van der Waals surface area contributed by atoms with Crippen molar-refractivity contribution in [3.8, 4) is 11.1 Å². The van der Waals surface area contributed by atoms with Gasteiger partial charge in [0.05, 0.1) is 28.5 Å². The van der Waals surface area contributed by atoms with E-state index in [-0.39, 0.29) is 23.9 Å². The fourth-order valence-corrected chi connectivity index (χ4v) is 4.37. The molecule has 5 rings (SSSR count). The lowest BCUT2D eigenvalue weighted by Crippen LogP contribution is -2.23. The molecule has 29 heavy (non-hydrogen) atoms. The summed E-state index contributed by atoms with van der Waals surface area (Å²) in [4.78, 5) is 13.0. The van der Waals surface area contributed by atoms with E-state index < -0.39 is 0 Å². The highest BCUT2D eigenvalue weighted by Crippen LogP contribution is 2.44. The Bertz CT molecular complexity index is 1130. The maximum absolute atomic E-state index is 14.1. The topological polar surface area (TPSA) is 67.0 Å². The summed E-state index contributed by atoms with van der Waals surface area (Å²) in [5.74, 6) is -0.573. The van der Waals surface area contributed by atoms with Crippen LogP contribution in [0.3, 0.4) is 0 Å². The van der Waals surface area contributed by atoms with Crippen molar-refractivity contribution in [1.29, 1.82) is 0 Å². The molecule has 2 bridgehead atoms. The second-order valence-electron chi connectivity index (χ2n) is 7.12. The van der Waals surface area contributed by atoms with Gasteiger partial charge in [0.15, 0.2) is 0 Å². The highest BCUT2D eigenvalue weighted by molar-refractivity contribution is 6.33. The van der Waals surface area contributed by atoms with Crippen molar-refractivity contribution >= 4 is 28.8 Å². The SMILES string of the molecule is O=C(Nc1ccc(-c2ccccc2F)c(Cl)c1)C1=C(c2ccn[nH]2)[C@@H]2CCC1O2. The molecule has 5 nitrogen and oxygen atoms in total. The van der Waals surface area contributed by atoms with Crippen LogP contribution in [0.25, 0.3) is 16.7 Å². The predicted molar refractivity (Wildman–Crippen MR) is 109 cm³/mol. The van der Waals surface area contributed by atoms with Crippen LogP contribution in [0.4, 0.5) is 10.1 Å². The summed E-state index contributed by atoms with van der Waals surface area (Å²) in [6.45, 7) is 0. The molecule has 1 unspecified atom stereocenters. The number of aromatic amines is 1. The van der Waals surface area contributed by atoms with E-state index in [1.165, 1.54) is 6.07 Å². The summed E-state index contributed by atoms with van der Waals surface area (Å²) in [7, 11) is 0. The van der Waals surface area contributed by atoms with Crippen LogP contribution in [-0.4, -0.2) is 28.3 Å². The van der Waals surface area contributed by atoms with Crippen molar-refractivity contribution in [2.75, 3.05) is 5.32 Å². The summed E-state index contributed by atoms with van der Waals surface area (Å²) >= 11 is 6.38. The largest absolute Gasteiger partial charge is 0.365 e. The number of ether oxygens (including phenoxy) is 1. The van der Waals surface area contributed by atoms with Crippen LogP contribution in [0.5, 0.6) is 0 Å². The number of anilines is 1. The molecule has 1 fully saturated rings. The molecule has 2 atom stereocenters. The number of carbonyl (C=O) groups excluding carboxylic acids is 1. The zero-order valence-electron chi connectivity index (χ0n) is 15.3. The number of nitrogens with zero attached hydrogens (tertiary/aromatic N) is 1. The van der Waals surface area contributed by atoms with Crippen LogP contribution in [0.15, 0.2) is 60.3 Å². The monoisotopic (exact) mass is 409 g/mol. The number of H-pyrrole nitrogens is 1. The Morgan fingerprint density at radius 3 is 2.72 bits per heavy atom. The van der Waals surface area contributed by atoms with Crippen molar-refractivity contribution in [2.45, 2.75) is 25.0 Å². The second kappa shape index (κ2) is 7.13. The quantitative estimate of drug-likeness (QED) is 0.649. The third-order valence-electron chi connectivity index (χ3n) is 5.38. The van der Waals surface area contributed by atoms with Crippen LogP contribution in [0.2, 0.25) is 5.02 Å². The van der Waals surface area contributed by atoms with E-state index in [0.29, 0.717) is 27.4 Å². The first-order valence-electron chi connectivity index (χ1n) is 9.37. The van der Waals surface area contributed by atoms with Gasteiger partial charge in [-0.15, -0.1) is 0 Å². The van der Waals surface area contributed by atoms with Crippen LogP contribution >= 0.6 is 11.6 Å². The lowest BCUT2D eigenvalue weighted by Gasteiger charge is -2.16. The highest BCUT2D eigenvalue weighted by Gasteiger charge is 2.44. The minimum absolute atomic E-state index is 0.0896. The highest BCUT2D eigenvalue weighted by atomic mass is 35.5. The summed E-state index contributed by atoms with van der Waals surface area (Å²) in [6.07, 6.45) is 3.06. The Balaban J connectivity index is 1.44. The predicted octanol–water partition coefficient (Wildman–Crippen LogP) is 4.82. The first-order chi connectivity index (χ1) is 14.1. The molecule has 3 aromatic rings. The zero-order chi connectivity index (χ0) is 20.0. The van der Waals surface area contributed by atoms with Gasteiger partial charge in [0, 0.05) is 28.6 Å². The molecule has 0 saturated carbocycles. The number of amides is 1. The summed E-state index contributed by atoms with van der Waals surface area (Å²) in [5, 5.41) is 10.2. The molecule has 7 heteroatoms. The summed E-state index contributed by atoms with van der Waals surface area (Å²) in [6, 6.07) is 13.3. The van der Waals surface area contributed by atoms with Crippen molar-refractivity contribution < 1.29 is 13.9 Å². The number of hydrogen-bond acceptors (Lipinski definition) is 3. The van der Waals surface area contributed by atoms with Gasteiger partial charge < -0.3 is 10.1 Å². The molecule has 3 heterocycles. The van der Waals surface area contributed by atoms with Crippen molar-refractivity contribution in [1.82, 2.24) is 10.2 Å². The minimum atomic E-state index is -0.348. The molecule has 1 aromatic heterocycles. The Morgan fingerprint density at radius 1 is 1.14 bits per heavy atom. The van der Waals surface area contributed by atoms with Crippen molar-refractivity contribution in [3.05, 3.63) is 76.8 Å². The first kappa shape index (κ1) is 18.1. The van der Waals surface area contributed by atoms with E-state index in [1.54, 1.807) is 42.6 Å². The Kier molecular flexibility index (Phi) is 4.45. The van der Waals surface area contributed by atoms with Crippen molar-refractivity contribution in [3.63, 3.8) is 0 Å².